The Hall–Kier alpha value is -4.00. The number of aromatic amines is 1. The van der Waals surface area contributed by atoms with Gasteiger partial charge < -0.3 is 4.90 Å². The SMILES string of the molecule is CC(C)(C)n1ncc2c1CCN(C(=O)c1c(-c3ccccc3)c(-c3ccccc3)n[nH]c1=O)C2. The number of carbonyl (C=O) groups is 1. The van der Waals surface area contributed by atoms with E-state index in [2.05, 4.69) is 36.1 Å². The van der Waals surface area contributed by atoms with Crippen molar-refractivity contribution >= 4 is 5.91 Å². The Kier molecular flexibility index (Phi) is 5.40. The summed E-state index contributed by atoms with van der Waals surface area (Å²) in [5, 5.41) is 11.5. The first-order valence-corrected chi connectivity index (χ1v) is 11.4. The number of fused-ring (bicyclic) bond motifs is 1. The van der Waals surface area contributed by atoms with E-state index in [4.69, 9.17) is 0 Å². The van der Waals surface area contributed by atoms with Crippen LogP contribution in [-0.2, 0) is 18.5 Å². The number of benzene rings is 2. The monoisotopic (exact) mass is 453 g/mol. The Labute approximate surface area is 198 Å². The average molecular weight is 454 g/mol. The van der Waals surface area contributed by atoms with Gasteiger partial charge in [0.05, 0.1) is 17.4 Å². The molecule has 1 N–H and O–H groups in total. The van der Waals surface area contributed by atoms with Gasteiger partial charge in [0.2, 0.25) is 0 Å². The van der Waals surface area contributed by atoms with Crippen LogP contribution in [0.2, 0.25) is 0 Å². The molecule has 172 valence electrons. The molecule has 0 saturated carbocycles. The van der Waals surface area contributed by atoms with Crippen LogP contribution in [0.25, 0.3) is 22.4 Å². The molecule has 0 aliphatic carbocycles. The zero-order chi connectivity index (χ0) is 23.9. The molecule has 0 unspecified atom stereocenters. The Morgan fingerprint density at radius 1 is 0.971 bits per heavy atom. The molecule has 5 rings (SSSR count). The quantitative estimate of drug-likeness (QED) is 0.503. The lowest BCUT2D eigenvalue weighted by Gasteiger charge is -2.30. The van der Waals surface area contributed by atoms with Crippen molar-refractivity contribution in [2.45, 2.75) is 39.3 Å². The van der Waals surface area contributed by atoms with Crippen molar-refractivity contribution in [3.8, 4) is 22.4 Å². The summed E-state index contributed by atoms with van der Waals surface area (Å²) < 4.78 is 2.03. The van der Waals surface area contributed by atoms with Crippen LogP contribution in [0.1, 0.15) is 42.4 Å². The van der Waals surface area contributed by atoms with Crippen LogP contribution in [0.4, 0.5) is 0 Å². The van der Waals surface area contributed by atoms with Crippen LogP contribution in [-0.4, -0.2) is 37.3 Å². The molecule has 1 amide bonds. The fourth-order valence-electron chi connectivity index (χ4n) is 4.59. The topological polar surface area (TPSA) is 83.9 Å². The Morgan fingerprint density at radius 2 is 1.62 bits per heavy atom. The number of carbonyl (C=O) groups excluding carboxylic acids is 1. The first-order valence-electron chi connectivity index (χ1n) is 11.4. The summed E-state index contributed by atoms with van der Waals surface area (Å²) in [6.45, 7) is 7.29. The van der Waals surface area contributed by atoms with E-state index < -0.39 is 5.56 Å². The molecule has 0 fully saturated rings. The van der Waals surface area contributed by atoms with Gasteiger partial charge in [-0.25, -0.2) is 5.10 Å². The summed E-state index contributed by atoms with van der Waals surface area (Å²) >= 11 is 0. The summed E-state index contributed by atoms with van der Waals surface area (Å²) in [6.07, 6.45) is 2.53. The molecule has 0 atom stereocenters. The second-order valence-corrected chi connectivity index (χ2v) is 9.56. The number of hydrogen-bond donors (Lipinski definition) is 1. The van der Waals surface area contributed by atoms with E-state index in [1.54, 1.807) is 4.90 Å². The minimum Gasteiger partial charge on any atom is -0.334 e. The van der Waals surface area contributed by atoms with E-state index in [1.165, 1.54) is 0 Å². The highest BCUT2D eigenvalue weighted by Gasteiger charge is 2.31. The predicted molar refractivity (Wildman–Crippen MR) is 131 cm³/mol. The number of nitrogens with one attached hydrogen (secondary N) is 1. The Bertz CT molecular complexity index is 1400. The van der Waals surface area contributed by atoms with E-state index >= 15 is 0 Å². The number of amides is 1. The first-order chi connectivity index (χ1) is 16.3. The maximum absolute atomic E-state index is 13.9. The van der Waals surface area contributed by atoms with Crippen molar-refractivity contribution in [3.05, 3.63) is 94.0 Å². The minimum atomic E-state index is -0.486. The fraction of sp³-hybridized carbons (Fsp3) is 0.259. The number of rotatable bonds is 3. The Morgan fingerprint density at radius 3 is 2.26 bits per heavy atom. The van der Waals surface area contributed by atoms with E-state index in [-0.39, 0.29) is 17.0 Å². The third-order valence-corrected chi connectivity index (χ3v) is 6.16. The van der Waals surface area contributed by atoms with Gasteiger partial charge in [0, 0.05) is 41.9 Å². The van der Waals surface area contributed by atoms with Gasteiger partial charge in [-0.05, 0) is 26.3 Å². The molecule has 7 heteroatoms. The molecule has 2 aromatic heterocycles. The van der Waals surface area contributed by atoms with Crippen molar-refractivity contribution in [2.75, 3.05) is 6.54 Å². The second-order valence-electron chi connectivity index (χ2n) is 9.56. The van der Waals surface area contributed by atoms with Gasteiger partial charge in [0.1, 0.15) is 5.56 Å². The third kappa shape index (κ3) is 3.83. The van der Waals surface area contributed by atoms with Crippen LogP contribution in [0.15, 0.2) is 71.7 Å². The highest BCUT2D eigenvalue weighted by atomic mass is 16.2. The maximum Gasteiger partial charge on any atom is 0.277 e. The van der Waals surface area contributed by atoms with Gasteiger partial charge in [-0.3, -0.25) is 14.3 Å². The molecule has 0 radical (unpaired) electrons. The molecule has 4 aromatic rings. The van der Waals surface area contributed by atoms with Gasteiger partial charge in [0.25, 0.3) is 11.5 Å². The normalized spacial score (nSPS) is 13.6. The second kappa shape index (κ2) is 8.41. The molecule has 1 aliphatic rings. The highest BCUT2D eigenvalue weighted by Crippen LogP contribution is 2.33. The van der Waals surface area contributed by atoms with E-state index in [0.717, 1.165) is 22.4 Å². The summed E-state index contributed by atoms with van der Waals surface area (Å²) in [5.74, 6) is -0.297. The Balaban J connectivity index is 1.61. The van der Waals surface area contributed by atoms with E-state index in [1.807, 2.05) is 71.5 Å². The van der Waals surface area contributed by atoms with E-state index in [0.29, 0.717) is 30.8 Å². The maximum atomic E-state index is 13.9. The summed E-state index contributed by atoms with van der Waals surface area (Å²) in [5.41, 5.74) is 4.40. The van der Waals surface area contributed by atoms with Gasteiger partial charge >= 0.3 is 0 Å². The predicted octanol–water partition coefficient (Wildman–Crippen LogP) is 4.25. The van der Waals surface area contributed by atoms with Crippen LogP contribution >= 0.6 is 0 Å². The lowest BCUT2D eigenvalue weighted by molar-refractivity contribution is 0.0731. The van der Waals surface area contributed by atoms with Gasteiger partial charge in [-0.1, -0.05) is 60.7 Å². The summed E-state index contributed by atoms with van der Waals surface area (Å²) in [6, 6.07) is 19.1. The molecule has 0 spiro atoms. The molecule has 0 saturated heterocycles. The van der Waals surface area contributed by atoms with Gasteiger partial charge in [-0.2, -0.15) is 10.2 Å². The van der Waals surface area contributed by atoms with Crippen LogP contribution in [0.3, 0.4) is 0 Å². The van der Waals surface area contributed by atoms with Gasteiger partial charge in [-0.15, -0.1) is 0 Å². The molecular weight excluding hydrogens is 426 g/mol. The molecule has 2 aromatic carbocycles. The standard InChI is InChI=1S/C27H27N5O2/c1-27(2,3)32-21-14-15-31(17-20(21)16-28-32)26(34)23-22(18-10-6-4-7-11-18)24(29-30-25(23)33)19-12-8-5-9-13-19/h4-13,16H,14-15,17H2,1-3H3,(H,30,33). The zero-order valence-corrected chi connectivity index (χ0v) is 19.6. The number of nitrogens with zero attached hydrogens (tertiary/aromatic N) is 4. The van der Waals surface area contributed by atoms with Crippen LogP contribution in [0, 0.1) is 0 Å². The fourth-order valence-corrected chi connectivity index (χ4v) is 4.59. The third-order valence-electron chi connectivity index (χ3n) is 6.16. The largest absolute Gasteiger partial charge is 0.334 e. The molecule has 0 bridgehead atoms. The lowest BCUT2D eigenvalue weighted by atomic mass is 9.94. The van der Waals surface area contributed by atoms with Crippen LogP contribution < -0.4 is 5.56 Å². The van der Waals surface area contributed by atoms with Crippen molar-refractivity contribution in [1.82, 2.24) is 24.9 Å². The molecule has 1 aliphatic heterocycles. The van der Waals surface area contributed by atoms with Crippen molar-refractivity contribution < 1.29 is 4.79 Å². The van der Waals surface area contributed by atoms with Gasteiger partial charge in [0.15, 0.2) is 0 Å². The first kappa shape index (κ1) is 21.8. The number of aromatic nitrogens is 4. The molecule has 34 heavy (non-hydrogen) atoms. The van der Waals surface area contributed by atoms with Crippen molar-refractivity contribution in [2.24, 2.45) is 0 Å². The van der Waals surface area contributed by atoms with Crippen molar-refractivity contribution in [3.63, 3.8) is 0 Å². The molecular formula is C27H27N5O2. The van der Waals surface area contributed by atoms with Crippen molar-refractivity contribution in [1.29, 1.82) is 0 Å². The molecule has 3 heterocycles. The van der Waals surface area contributed by atoms with Crippen LogP contribution in [0.5, 0.6) is 0 Å². The average Bonchev–Trinajstić information content (AvgIpc) is 3.28. The highest BCUT2D eigenvalue weighted by molar-refractivity contribution is 6.03. The molecule has 7 nitrogen and oxygen atoms in total. The number of H-pyrrole nitrogens is 1. The number of hydrogen-bond acceptors (Lipinski definition) is 4. The summed E-state index contributed by atoms with van der Waals surface area (Å²) in [7, 11) is 0. The smallest absolute Gasteiger partial charge is 0.277 e. The summed E-state index contributed by atoms with van der Waals surface area (Å²) in [4.78, 5) is 28.7. The lowest BCUT2D eigenvalue weighted by Crippen LogP contribution is -2.40. The zero-order valence-electron chi connectivity index (χ0n) is 19.6. The van der Waals surface area contributed by atoms with E-state index in [9.17, 15) is 9.59 Å². The minimum absolute atomic E-state index is 0.117.